The highest BCUT2D eigenvalue weighted by Crippen LogP contribution is 2.46. The number of aryl methyl sites for hydroxylation is 1. The Kier molecular flexibility index (Phi) is 5.14. The third kappa shape index (κ3) is 3.41. The molecule has 2 aromatic rings. The van der Waals surface area contributed by atoms with Crippen molar-refractivity contribution in [3.63, 3.8) is 0 Å². The fraction of sp³-hybridized carbons (Fsp3) is 0.333. The zero-order chi connectivity index (χ0) is 20.5. The number of hydrogen-bond donors (Lipinski definition) is 0. The van der Waals surface area contributed by atoms with Crippen LogP contribution in [0.5, 0.6) is 11.5 Å². The Balaban J connectivity index is 1.89. The first-order chi connectivity index (χ1) is 14.0. The van der Waals surface area contributed by atoms with E-state index in [4.69, 9.17) is 9.47 Å². The normalized spacial score (nSPS) is 19.3. The van der Waals surface area contributed by atoms with Gasteiger partial charge in [-0.1, -0.05) is 12.1 Å². The highest BCUT2D eigenvalue weighted by Gasteiger charge is 2.40. The maximum Gasteiger partial charge on any atom is 0.232 e. The lowest BCUT2D eigenvalue weighted by molar-refractivity contribution is -0.119. The molecule has 0 radical (unpaired) electrons. The summed E-state index contributed by atoms with van der Waals surface area (Å²) in [5, 5.41) is 0. The molecule has 2 aromatic carbocycles. The molecule has 1 aliphatic carbocycles. The molecule has 4 rings (SSSR count). The van der Waals surface area contributed by atoms with Crippen LogP contribution in [0.4, 0.5) is 5.69 Å². The predicted octanol–water partition coefficient (Wildman–Crippen LogP) is 4.54. The number of anilines is 1. The predicted molar refractivity (Wildman–Crippen MR) is 111 cm³/mol. The molecule has 0 unspecified atom stereocenters. The Bertz CT molecular complexity index is 1010. The number of Topliss-reactive ketones (excluding diaryl/α,β-unsaturated/α-hetero) is 1. The largest absolute Gasteiger partial charge is 0.497 e. The number of carbonyl (C=O) groups excluding carboxylic acids is 2. The van der Waals surface area contributed by atoms with E-state index in [0.717, 1.165) is 34.5 Å². The van der Waals surface area contributed by atoms with Crippen molar-refractivity contribution in [1.82, 2.24) is 0 Å². The van der Waals surface area contributed by atoms with Crippen molar-refractivity contribution < 1.29 is 19.1 Å². The van der Waals surface area contributed by atoms with Crippen LogP contribution in [0.25, 0.3) is 0 Å². The Morgan fingerprint density at radius 3 is 2.55 bits per heavy atom. The minimum absolute atomic E-state index is 0.000997. The minimum atomic E-state index is -0.323. The monoisotopic (exact) mass is 391 g/mol. The van der Waals surface area contributed by atoms with E-state index in [9.17, 15) is 9.59 Å². The van der Waals surface area contributed by atoms with Gasteiger partial charge in [0.15, 0.2) is 5.78 Å². The van der Waals surface area contributed by atoms with Crippen LogP contribution in [0.1, 0.15) is 42.7 Å². The lowest BCUT2D eigenvalue weighted by atomic mass is 9.76. The van der Waals surface area contributed by atoms with Gasteiger partial charge in [-0.2, -0.15) is 0 Å². The van der Waals surface area contributed by atoms with Crippen LogP contribution in [-0.2, 0) is 9.59 Å². The van der Waals surface area contributed by atoms with Crippen molar-refractivity contribution in [3.05, 3.63) is 64.9 Å². The number of amides is 1. The molecule has 1 heterocycles. The van der Waals surface area contributed by atoms with Gasteiger partial charge in [0.05, 0.1) is 14.2 Å². The van der Waals surface area contributed by atoms with Gasteiger partial charge >= 0.3 is 0 Å². The van der Waals surface area contributed by atoms with E-state index in [1.165, 1.54) is 0 Å². The molecule has 5 heteroatoms. The molecule has 0 bridgehead atoms. The Hall–Kier alpha value is -3.08. The zero-order valence-electron chi connectivity index (χ0n) is 17.0. The van der Waals surface area contributed by atoms with Gasteiger partial charge in [-0.25, -0.2) is 0 Å². The number of allylic oxidation sites excluding steroid dienone is 2. The third-order valence-corrected chi connectivity index (χ3v) is 5.75. The summed E-state index contributed by atoms with van der Waals surface area (Å²) in [4.78, 5) is 28.1. The molecule has 150 valence electrons. The summed E-state index contributed by atoms with van der Waals surface area (Å²) in [5.74, 6) is 1.14. The van der Waals surface area contributed by atoms with Gasteiger partial charge < -0.3 is 9.47 Å². The molecule has 1 amide bonds. The summed E-state index contributed by atoms with van der Waals surface area (Å²) < 4.78 is 10.9. The van der Waals surface area contributed by atoms with E-state index < -0.39 is 0 Å². The molecule has 0 saturated heterocycles. The molecule has 5 nitrogen and oxygen atoms in total. The van der Waals surface area contributed by atoms with Crippen molar-refractivity contribution in [1.29, 1.82) is 0 Å². The summed E-state index contributed by atoms with van der Waals surface area (Å²) in [6.07, 6.45) is 2.21. The fourth-order valence-electron chi connectivity index (χ4n) is 4.44. The molecule has 29 heavy (non-hydrogen) atoms. The lowest BCUT2D eigenvalue weighted by Gasteiger charge is -2.38. The van der Waals surface area contributed by atoms with Crippen LogP contribution in [0.3, 0.4) is 0 Å². The molecule has 1 atom stereocenters. The van der Waals surface area contributed by atoms with Crippen LogP contribution in [0.2, 0.25) is 0 Å². The van der Waals surface area contributed by atoms with Crippen molar-refractivity contribution in [2.24, 2.45) is 0 Å². The highest BCUT2D eigenvalue weighted by atomic mass is 16.5. The summed E-state index contributed by atoms with van der Waals surface area (Å²) in [6.45, 7) is 2.00. The number of ketones is 1. The smallest absolute Gasteiger partial charge is 0.232 e. The quantitative estimate of drug-likeness (QED) is 0.768. The topological polar surface area (TPSA) is 55.8 Å². The van der Waals surface area contributed by atoms with Crippen LogP contribution >= 0.6 is 0 Å². The van der Waals surface area contributed by atoms with Gasteiger partial charge in [-0.05, 0) is 55.7 Å². The number of methoxy groups -OCH3 is 2. The number of benzene rings is 2. The van der Waals surface area contributed by atoms with Crippen LogP contribution < -0.4 is 14.4 Å². The van der Waals surface area contributed by atoms with E-state index in [2.05, 4.69) is 0 Å². The number of ether oxygens (including phenoxy) is 2. The molecule has 0 N–H and O–H groups in total. The minimum Gasteiger partial charge on any atom is -0.497 e. The maximum absolute atomic E-state index is 13.3. The molecule has 0 fully saturated rings. The van der Waals surface area contributed by atoms with Crippen molar-refractivity contribution in [2.75, 3.05) is 19.1 Å². The van der Waals surface area contributed by atoms with Gasteiger partial charge in [0.1, 0.15) is 11.5 Å². The Morgan fingerprint density at radius 1 is 1.00 bits per heavy atom. The average molecular weight is 391 g/mol. The van der Waals surface area contributed by atoms with E-state index >= 15 is 0 Å². The third-order valence-electron chi connectivity index (χ3n) is 5.75. The van der Waals surface area contributed by atoms with Crippen molar-refractivity contribution in [3.8, 4) is 11.5 Å². The molecular formula is C24H25NO4. The summed E-state index contributed by atoms with van der Waals surface area (Å²) in [7, 11) is 3.21. The Morgan fingerprint density at radius 2 is 1.83 bits per heavy atom. The first-order valence-corrected chi connectivity index (χ1v) is 9.91. The first kappa shape index (κ1) is 19.2. The lowest BCUT2D eigenvalue weighted by Crippen LogP contribution is -2.40. The number of nitrogens with zero attached hydrogens (tertiary/aromatic N) is 1. The second-order valence-electron chi connectivity index (χ2n) is 7.57. The van der Waals surface area contributed by atoms with Gasteiger partial charge in [0.2, 0.25) is 5.91 Å². The van der Waals surface area contributed by atoms with E-state index in [0.29, 0.717) is 24.3 Å². The van der Waals surface area contributed by atoms with Gasteiger partial charge in [0, 0.05) is 41.3 Å². The van der Waals surface area contributed by atoms with E-state index in [-0.39, 0.29) is 24.0 Å². The van der Waals surface area contributed by atoms with E-state index in [1.54, 1.807) is 19.1 Å². The standard InChI is InChI=1S/C24H25NO4/c1-15-6-4-7-16(12-15)25-20-8-5-9-21(26)24(20)19(14-23(25)27)18-13-17(28-2)10-11-22(18)29-3/h4,6-7,10-13,19H,5,8-9,14H2,1-3H3/t19-/m1/s1. The summed E-state index contributed by atoms with van der Waals surface area (Å²) >= 11 is 0. The molecule has 0 saturated carbocycles. The first-order valence-electron chi connectivity index (χ1n) is 9.91. The molecular weight excluding hydrogens is 366 g/mol. The molecule has 0 aromatic heterocycles. The summed E-state index contributed by atoms with van der Waals surface area (Å²) in [6, 6.07) is 13.4. The molecule has 1 aliphatic heterocycles. The van der Waals surface area contributed by atoms with Gasteiger partial charge in [-0.3, -0.25) is 14.5 Å². The highest BCUT2D eigenvalue weighted by molar-refractivity contribution is 6.07. The second-order valence-corrected chi connectivity index (χ2v) is 7.57. The summed E-state index contributed by atoms with van der Waals surface area (Å²) in [5.41, 5.74) is 4.30. The maximum atomic E-state index is 13.3. The molecule has 2 aliphatic rings. The number of hydrogen-bond acceptors (Lipinski definition) is 4. The van der Waals surface area contributed by atoms with Crippen molar-refractivity contribution >= 4 is 17.4 Å². The van der Waals surface area contributed by atoms with Crippen LogP contribution in [0.15, 0.2) is 53.7 Å². The molecule has 0 spiro atoms. The second kappa shape index (κ2) is 7.74. The fourth-order valence-corrected chi connectivity index (χ4v) is 4.44. The van der Waals surface area contributed by atoms with Crippen LogP contribution in [-0.4, -0.2) is 25.9 Å². The van der Waals surface area contributed by atoms with Gasteiger partial charge in [0.25, 0.3) is 0 Å². The zero-order valence-corrected chi connectivity index (χ0v) is 17.0. The average Bonchev–Trinajstić information content (AvgIpc) is 2.72. The van der Waals surface area contributed by atoms with Crippen LogP contribution in [0, 0.1) is 6.92 Å². The van der Waals surface area contributed by atoms with E-state index in [1.807, 2.05) is 49.4 Å². The SMILES string of the molecule is COc1ccc(OC)c([C@H]2CC(=O)N(c3cccc(C)c3)C3=C2C(=O)CCC3)c1. The number of rotatable bonds is 4. The number of carbonyl (C=O) groups is 2. The van der Waals surface area contributed by atoms with Gasteiger partial charge in [-0.15, -0.1) is 0 Å². The Labute approximate surface area is 170 Å². The van der Waals surface area contributed by atoms with Crippen molar-refractivity contribution in [2.45, 2.75) is 38.5 Å².